The zero-order valence-electron chi connectivity index (χ0n) is 17.4. The zero-order chi connectivity index (χ0) is 21.5. The lowest BCUT2D eigenvalue weighted by Crippen LogP contribution is -2.29. The van der Waals surface area contributed by atoms with Gasteiger partial charge < -0.3 is 9.47 Å². The largest absolute Gasteiger partial charge is 0.478 e. The van der Waals surface area contributed by atoms with Crippen molar-refractivity contribution in [2.75, 3.05) is 6.61 Å². The van der Waals surface area contributed by atoms with Crippen molar-refractivity contribution in [3.05, 3.63) is 96.6 Å². The molecule has 0 N–H and O–H groups in total. The molecular formula is C27H24O3S. The number of benzene rings is 3. The molecule has 4 aromatic rings. The molecule has 1 heterocycles. The minimum atomic E-state index is -0.685. The van der Waals surface area contributed by atoms with E-state index < -0.39 is 6.10 Å². The van der Waals surface area contributed by atoms with E-state index in [1.807, 2.05) is 66.7 Å². The smallest absolute Gasteiger partial charge is 0.347 e. The summed E-state index contributed by atoms with van der Waals surface area (Å²) >= 11 is 1.77. The summed E-state index contributed by atoms with van der Waals surface area (Å²) in [7, 11) is 0. The van der Waals surface area contributed by atoms with Gasteiger partial charge in [-0.25, -0.2) is 4.79 Å². The van der Waals surface area contributed by atoms with Gasteiger partial charge >= 0.3 is 5.97 Å². The third-order valence-corrected chi connectivity index (χ3v) is 6.02. The molecule has 0 bridgehead atoms. The topological polar surface area (TPSA) is 35.5 Å². The summed E-state index contributed by atoms with van der Waals surface area (Å²) in [6, 6.07) is 28.4. The summed E-state index contributed by atoms with van der Waals surface area (Å²) < 4.78 is 12.5. The van der Waals surface area contributed by atoms with E-state index in [9.17, 15) is 4.79 Å². The molecule has 31 heavy (non-hydrogen) atoms. The molecule has 0 aliphatic carbocycles. The van der Waals surface area contributed by atoms with E-state index in [1.54, 1.807) is 18.3 Å². The molecule has 0 aliphatic rings. The average molecular weight is 429 g/mol. The van der Waals surface area contributed by atoms with Crippen LogP contribution in [0.3, 0.4) is 0 Å². The summed E-state index contributed by atoms with van der Waals surface area (Å²) in [5.41, 5.74) is 2.21. The molecule has 0 radical (unpaired) electrons. The number of esters is 1. The van der Waals surface area contributed by atoms with Crippen LogP contribution >= 0.6 is 11.3 Å². The van der Waals surface area contributed by atoms with Gasteiger partial charge in [0.1, 0.15) is 5.75 Å². The van der Waals surface area contributed by atoms with Crippen molar-refractivity contribution in [1.29, 1.82) is 0 Å². The molecule has 1 unspecified atom stereocenters. The summed E-state index contributed by atoms with van der Waals surface area (Å²) in [6.45, 7) is 2.13. The Morgan fingerprint density at radius 2 is 1.71 bits per heavy atom. The molecule has 1 aromatic heterocycles. The van der Waals surface area contributed by atoms with Gasteiger partial charge in [-0.3, -0.25) is 0 Å². The number of hydrogen-bond acceptors (Lipinski definition) is 4. The highest BCUT2D eigenvalue weighted by Gasteiger charge is 2.20. The second-order valence-electron chi connectivity index (χ2n) is 7.08. The van der Waals surface area contributed by atoms with Gasteiger partial charge in [-0.1, -0.05) is 60.7 Å². The Hall–Kier alpha value is -3.37. The van der Waals surface area contributed by atoms with Crippen LogP contribution in [0.1, 0.15) is 18.9 Å². The van der Waals surface area contributed by atoms with E-state index in [0.29, 0.717) is 18.8 Å². The molecule has 0 saturated carbocycles. The van der Waals surface area contributed by atoms with Gasteiger partial charge in [-0.05, 0) is 59.8 Å². The highest BCUT2D eigenvalue weighted by molar-refractivity contribution is 7.22. The van der Waals surface area contributed by atoms with E-state index in [-0.39, 0.29) is 5.97 Å². The molecule has 1 atom stereocenters. The number of carbonyl (C=O) groups excluding carboxylic acids is 1. The lowest BCUT2D eigenvalue weighted by Gasteiger charge is -2.16. The third-order valence-electron chi connectivity index (χ3n) is 4.85. The molecule has 4 rings (SSSR count). The Morgan fingerprint density at radius 1 is 0.968 bits per heavy atom. The van der Waals surface area contributed by atoms with Crippen molar-refractivity contribution in [2.45, 2.75) is 19.4 Å². The Bertz CT molecular complexity index is 1130. The van der Waals surface area contributed by atoms with Crippen LogP contribution in [0.4, 0.5) is 0 Å². The Labute approximate surface area is 186 Å². The van der Waals surface area contributed by atoms with Crippen LogP contribution < -0.4 is 4.74 Å². The maximum Gasteiger partial charge on any atom is 0.347 e. The second-order valence-corrected chi connectivity index (χ2v) is 8.16. The fraction of sp³-hybridized carbons (Fsp3) is 0.148. The summed E-state index contributed by atoms with van der Waals surface area (Å²) in [5.74, 6) is 0.296. The fourth-order valence-corrected chi connectivity index (χ4v) is 4.37. The number of rotatable bonds is 8. The summed E-state index contributed by atoms with van der Waals surface area (Å²) in [4.78, 5) is 13.6. The molecule has 3 nitrogen and oxygen atoms in total. The highest BCUT2D eigenvalue weighted by Crippen LogP contribution is 2.34. The Morgan fingerprint density at radius 3 is 2.45 bits per heavy atom. The number of hydrogen-bond donors (Lipinski definition) is 0. The standard InChI is InChI=1S/C27H24O3S/c1-2-29-27(28)24(13-8-11-20-9-4-3-5-10-20)30-23-17-15-21(16-18-23)26-19-22-12-6-7-14-25(22)31-26/h3-12,14-19,24H,2,13H2,1H3. The van der Waals surface area contributed by atoms with E-state index in [2.05, 4.69) is 30.3 Å². The first-order valence-corrected chi connectivity index (χ1v) is 11.2. The van der Waals surface area contributed by atoms with Gasteiger partial charge in [-0.15, -0.1) is 11.3 Å². The third kappa shape index (κ3) is 5.41. The van der Waals surface area contributed by atoms with Gasteiger partial charge in [0.2, 0.25) is 0 Å². The van der Waals surface area contributed by atoms with Crippen LogP contribution in [0.2, 0.25) is 0 Å². The van der Waals surface area contributed by atoms with Crippen LogP contribution in [0, 0.1) is 0 Å². The van der Waals surface area contributed by atoms with Crippen LogP contribution in [0.25, 0.3) is 26.6 Å². The van der Waals surface area contributed by atoms with E-state index in [0.717, 1.165) is 11.1 Å². The van der Waals surface area contributed by atoms with Gasteiger partial charge in [0.15, 0.2) is 6.10 Å². The van der Waals surface area contributed by atoms with Gasteiger partial charge in [0.25, 0.3) is 0 Å². The van der Waals surface area contributed by atoms with Crippen molar-refractivity contribution < 1.29 is 14.3 Å². The fourth-order valence-electron chi connectivity index (χ4n) is 3.31. The molecule has 3 aromatic carbocycles. The molecule has 0 amide bonds. The second kappa shape index (κ2) is 10.1. The maximum atomic E-state index is 12.4. The lowest BCUT2D eigenvalue weighted by molar-refractivity contribution is -0.151. The monoisotopic (exact) mass is 428 g/mol. The van der Waals surface area contributed by atoms with Crippen LogP contribution in [0.15, 0.2) is 91.0 Å². The van der Waals surface area contributed by atoms with E-state index in [1.165, 1.54) is 15.0 Å². The minimum Gasteiger partial charge on any atom is -0.478 e. The molecule has 0 aliphatic heterocycles. The Kier molecular flexibility index (Phi) is 6.80. The normalized spacial score (nSPS) is 12.2. The SMILES string of the molecule is CCOC(=O)C(CC=Cc1ccccc1)Oc1ccc(-c2cc3ccccc3s2)cc1. The highest BCUT2D eigenvalue weighted by atomic mass is 32.1. The van der Waals surface area contributed by atoms with E-state index in [4.69, 9.17) is 9.47 Å². The average Bonchev–Trinajstić information content (AvgIpc) is 3.24. The number of fused-ring (bicyclic) bond motifs is 1. The molecule has 156 valence electrons. The molecule has 0 fully saturated rings. The number of carbonyl (C=O) groups is 1. The summed E-state index contributed by atoms with van der Waals surface area (Å²) in [5, 5.41) is 1.25. The quantitative estimate of drug-likeness (QED) is 0.284. The number of ether oxygens (including phenoxy) is 2. The minimum absolute atomic E-state index is 0.325. The van der Waals surface area contributed by atoms with Crippen molar-refractivity contribution in [1.82, 2.24) is 0 Å². The number of thiophene rings is 1. The van der Waals surface area contributed by atoms with Crippen LogP contribution in [-0.2, 0) is 9.53 Å². The first-order chi connectivity index (χ1) is 15.2. The van der Waals surface area contributed by atoms with Crippen molar-refractivity contribution in [2.24, 2.45) is 0 Å². The van der Waals surface area contributed by atoms with Gasteiger partial charge in [0.05, 0.1) is 6.61 Å². The van der Waals surface area contributed by atoms with Crippen LogP contribution in [0.5, 0.6) is 5.75 Å². The summed E-state index contributed by atoms with van der Waals surface area (Å²) in [6.07, 6.45) is 3.68. The van der Waals surface area contributed by atoms with Gasteiger partial charge in [-0.2, -0.15) is 0 Å². The van der Waals surface area contributed by atoms with Crippen LogP contribution in [-0.4, -0.2) is 18.7 Å². The molecule has 4 heteroatoms. The Balaban J connectivity index is 1.46. The zero-order valence-corrected chi connectivity index (χ0v) is 18.2. The van der Waals surface area contributed by atoms with Crippen molar-refractivity contribution in [3.8, 4) is 16.2 Å². The van der Waals surface area contributed by atoms with Crippen molar-refractivity contribution >= 4 is 33.5 Å². The molecule has 0 saturated heterocycles. The first kappa shape index (κ1) is 20.9. The molecular weight excluding hydrogens is 404 g/mol. The predicted molar refractivity (Wildman–Crippen MR) is 128 cm³/mol. The lowest BCUT2D eigenvalue weighted by atomic mass is 10.1. The predicted octanol–water partition coefficient (Wildman–Crippen LogP) is 6.98. The maximum absolute atomic E-state index is 12.4. The molecule has 0 spiro atoms. The van der Waals surface area contributed by atoms with Gasteiger partial charge in [0, 0.05) is 16.0 Å². The first-order valence-electron chi connectivity index (χ1n) is 10.4. The van der Waals surface area contributed by atoms with Crippen molar-refractivity contribution in [3.63, 3.8) is 0 Å². The van der Waals surface area contributed by atoms with E-state index >= 15 is 0 Å².